The number of anilines is 1. The molecule has 140 valence electrons. The largest absolute Gasteiger partial charge is 0.383 e. The molecule has 1 aromatic heterocycles. The van der Waals surface area contributed by atoms with Crippen LogP contribution in [0.25, 0.3) is 0 Å². The lowest BCUT2D eigenvalue weighted by Crippen LogP contribution is -2.42. The predicted molar refractivity (Wildman–Crippen MR) is 101 cm³/mol. The molecule has 0 aliphatic carbocycles. The molecule has 0 bridgehead atoms. The van der Waals surface area contributed by atoms with Crippen molar-refractivity contribution < 1.29 is 9.53 Å². The van der Waals surface area contributed by atoms with Gasteiger partial charge in [-0.2, -0.15) is 5.10 Å². The number of aromatic nitrogens is 2. The molecule has 7 heteroatoms. The van der Waals surface area contributed by atoms with E-state index in [1.807, 2.05) is 38.2 Å². The third-order valence-electron chi connectivity index (χ3n) is 4.79. The van der Waals surface area contributed by atoms with Gasteiger partial charge < -0.3 is 10.1 Å². The summed E-state index contributed by atoms with van der Waals surface area (Å²) in [5.74, 6) is 0.942. The van der Waals surface area contributed by atoms with E-state index in [0.717, 1.165) is 25.3 Å². The second-order valence-electron chi connectivity index (χ2n) is 6.77. The molecule has 1 aliphatic heterocycles. The molecule has 1 aromatic carbocycles. The predicted octanol–water partition coefficient (Wildman–Crippen LogP) is 1.96. The van der Waals surface area contributed by atoms with Crippen molar-refractivity contribution in [2.24, 2.45) is 7.05 Å². The smallest absolute Gasteiger partial charge is 0.320 e. The Labute approximate surface area is 154 Å². The zero-order valence-electron chi connectivity index (χ0n) is 15.6. The Bertz CT molecular complexity index is 731. The van der Waals surface area contributed by atoms with Gasteiger partial charge in [0.1, 0.15) is 5.82 Å². The molecule has 1 fully saturated rings. The van der Waals surface area contributed by atoms with Crippen LogP contribution in [-0.2, 0) is 11.8 Å². The number of urea groups is 1. The Kier molecular flexibility index (Phi) is 5.90. The van der Waals surface area contributed by atoms with Gasteiger partial charge in [0.05, 0.1) is 18.3 Å². The van der Waals surface area contributed by atoms with E-state index < -0.39 is 0 Å². The lowest BCUT2D eigenvalue weighted by molar-refractivity contribution is 0.159. The highest BCUT2D eigenvalue weighted by molar-refractivity contribution is 5.88. The lowest BCUT2D eigenvalue weighted by Gasteiger charge is -2.20. The number of nitrogens with one attached hydrogen (secondary N) is 2. The van der Waals surface area contributed by atoms with Crippen LogP contribution < -0.4 is 10.6 Å². The van der Waals surface area contributed by atoms with E-state index in [2.05, 4.69) is 32.8 Å². The third-order valence-corrected chi connectivity index (χ3v) is 4.79. The Morgan fingerprint density at radius 2 is 2.08 bits per heavy atom. The van der Waals surface area contributed by atoms with Crippen LogP contribution in [0.5, 0.6) is 0 Å². The summed E-state index contributed by atoms with van der Waals surface area (Å²) in [5.41, 5.74) is 2.12. The highest BCUT2D eigenvalue weighted by Gasteiger charge is 2.34. The number of amides is 2. The maximum absolute atomic E-state index is 12.5. The number of hydrogen-bond acceptors (Lipinski definition) is 4. The highest BCUT2D eigenvalue weighted by Crippen LogP contribution is 2.27. The van der Waals surface area contributed by atoms with Crippen LogP contribution in [0.1, 0.15) is 17.2 Å². The van der Waals surface area contributed by atoms with E-state index in [1.54, 1.807) is 11.8 Å². The van der Waals surface area contributed by atoms with Gasteiger partial charge in [-0.1, -0.05) is 30.3 Å². The van der Waals surface area contributed by atoms with Gasteiger partial charge in [-0.05, 0) is 12.5 Å². The molecule has 0 saturated carbocycles. The number of benzene rings is 1. The Morgan fingerprint density at radius 1 is 1.31 bits per heavy atom. The average molecular weight is 357 g/mol. The van der Waals surface area contributed by atoms with Gasteiger partial charge in [0, 0.05) is 45.8 Å². The molecule has 2 N–H and O–H groups in total. The van der Waals surface area contributed by atoms with E-state index in [4.69, 9.17) is 4.74 Å². The molecule has 2 heterocycles. The molecule has 26 heavy (non-hydrogen) atoms. The summed E-state index contributed by atoms with van der Waals surface area (Å²) < 4.78 is 6.87. The van der Waals surface area contributed by atoms with Crippen LogP contribution in [0.15, 0.2) is 36.4 Å². The van der Waals surface area contributed by atoms with Gasteiger partial charge in [0.25, 0.3) is 0 Å². The number of rotatable bonds is 6. The number of aryl methyl sites for hydroxylation is 2. The summed E-state index contributed by atoms with van der Waals surface area (Å²) >= 11 is 0. The van der Waals surface area contributed by atoms with Crippen LogP contribution >= 0.6 is 0 Å². The molecule has 2 amide bonds. The Hall–Kier alpha value is -2.38. The second kappa shape index (κ2) is 8.33. The number of carbonyl (C=O) groups excluding carboxylic acids is 1. The van der Waals surface area contributed by atoms with Crippen molar-refractivity contribution in [3.05, 3.63) is 47.7 Å². The SMILES string of the molecule is COCCN1C[C@H](NC(=O)Nc2cc(C)nn2C)[C@@H](c2ccccc2)C1. The first-order valence-corrected chi connectivity index (χ1v) is 8.91. The van der Waals surface area contributed by atoms with Crippen molar-refractivity contribution in [3.63, 3.8) is 0 Å². The number of carbonyl (C=O) groups is 1. The van der Waals surface area contributed by atoms with Crippen LogP contribution in [0.4, 0.5) is 10.6 Å². The summed E-state index contributed by atoms with van der Waals surface area (Å²) in [5, 5.41) is 10.3. The number of nitrogens with zero attached hydrogens (tertiary/aromatic N) is 3. The monoisotopic (exact) mass is 357 g/mol. The maximum Gasteiger partial charge on any atom is 0.320 e. The molecule has 1 aliphatic rings. The van der Waals surface area contributed by atoms with Gasteiger partial charge in [-0.3, -0.25) is 14.9 Å². The fourth-order valence-corrected chi connectivity index (χ4v) is 3.52. The first-order chi connectivity index (χ1) is 12.6. The van der Waals surface area contributed by atoms with Crippen molar-refractivity contribution in [1.29, 1.82) is 0 Å². The van der Waals surface area contributed by atoms with Crippen molar-refractivity contribution in [2.75, 3.05) is 38.7 Å². The molecule has 2 atom stereocenters. The number of methoxy groups -OCH3 is 1. The molecule has 2 aromatic rings. The van der Waals surface area contributed by atoms with Gasteiger partial charge in [-0.15, -0.1) is 0 Å². The van der Waals surface area contributed by atoms with Gasteiger partial charge in [0.15, 0.2) is 0 Å². The fourth-order valence-electron chi connectivity index (χ4n) is 3.52. The normalized spacial score (nSPS) is 20.3. The number of hydrogen-bond donors (Lipinski definition) is 2. The first kappa shape index (κ1) is 18.4. The molecule has 3 rings (SSSR count). The minimum atomic E-state index is -0.201. The second-order valence-corrected chi connectivity index (χ2v) is 6.77. The van der Waals surface area contributed by atoms with Crippen LogP contribution in [0.2, 0.25) is 0 Å². The van der Waals surface area contributed by atoms with Crippen LogP contribution in [-0.4, -0.2) is 60.1 Å². The van der Waals surface area contributed by atoms with E-state index in [9.17, 15) is 4.79 Å². The highest BCUT2D eigenvalue weighted by atomic mass is 16.5. The quantitative estimate of drug-likeness (QED) is 0.829. The van der Waals surface area contributed by atoms with E-state index >= 15 is 0 Å². The zero-order chi connectivity index (χ0) is 18.5. The van der Waals surface area contributed by atoms with Gasteiger partial charge in [-0.25, -0.2) is 4.79 Å². The third kappa shape index (κ3) is 4.42. The Morgan fingerprint density at radius 3 is 2.73 bits per heavy atom. The number of likely N-dealkylation sites (tertiary alicyclic amines) is 1. The molecule has 7 nitrogen and oxygen atoms in total. The standard InChI is InChI=1S/C19H27N5O2/c1-14-11-18(23(2)22-14)21-19(25)20-17-13-24(9-10-26-3)12-16(17)15-7-5-4-6-8-15/h4-8,11,16-17H,9-10,12-13H2,1-3H3,(H2,20,21,25)/t16-,17+/m1/s1. The summed E-state index contributed by atoms with van der Waals surface area (Å²) in [6.07, 6.45) is 0. The average Bonchev–Trinajstić information content (AvgIpc) is 3.16. The molecule has 1 saturated heterocycles. The molecular weight excluding hydrogens is 330 g/mol. The summed E-state index contributed by atoms with van der Waals surface area (Å²) in [6, 6.07) is 12.1. The summed E-state index contributed by atoms with van der Waals surface area (Å²) in [7, 11) is 3.53. The van der Waals surface area contributed by atoms with Crippen molar-refractivity contribution in [3.8, 4) is 0 Å². The first-order valence-electron chi connectivity index (χ1n) is 8.91. The lowest BCUT2D eigenvalue weighted by atomic mass is 9.94. The molecule has 0 radical (unpaired) electrons. The topological polar surface area (TPSA) is 71.4 Å². The minimum Gasteiger partial charge on any atom is -0.383 e. The fraction of sp³-hybridized carbons (Fsp3) is 0.474. The summed E-state index contributed by atoms with van der Waals surface area (Å²) in [4.78, 5) is 14.9. The Balaban J connectivity index is 1.68. The molecule has 0 spiro atoms. The van der Waals surface area contributed by atoms with E-state index in [-0.39, 0.29) is 18.0 Å². The van der Waals surface area contributed by atoms with Gasteiger partial charge in [0.2, 0.25) is 0 Å². The van der Waals surface area contributed by atoms with E-state index in [0.29, 0.717) is 12.4 Å². The van der Waals surface area contributed by atoms with E-state index in [1.165, 1.54) is 5.56 Å². The van der Waals surface area contributed by atoms with Crippen LogP contribution in [0.3, 0.4) is 0 Å². The van der Waals surface area contributed by atoms with Crippen molar-refractivity contribution in [2.45, 2.75) is 18.9 Å². The summed E-state index contributed by atoms with van der Waals surface area (Å²) in [6.45, 7) is 5.17. The van der Waals surface area contributed by atoms with Crippen molar-refractivity contribution >= 4 is 11.8 Å². The molecule has 0 unspecified atom stereocenters. The minimum absolute atomic E-state index is 0.0450. The van der Waals surface area contributed by atoms with Crippen molar-refractivity contribution in [1.82, 2.24) is 20.0 Å². The number of ether oxygens (including phenoxy) is 1. The van der Waals surface area contributed by atoms with Crippen LogP contribution in [0, 0.1) is 6.92 Å². The zero-order valence-corrected chi connectivity index (χ0v) is 15.6. The molecular formula is C19H27N5O2. The van der Waals surface area contributed by atoms with Gasteiger partial charge >= 0.3 is 6.03 Å². The maximum atomic E-state index is 12.5.